The van der Waals surface area contributed by atoms with Gasteiger partial charge in [-0.1, -0.05) is 30.3 Å². The molecular formula is C22H21N3O2S. The van der Waals surface area contributed by atoms with Gasteiger partial charge in [-0.05, 0) is 47.7 Å². The Morgan fingerprint density at radius 3 is 2.54 bits per heavy atom. The molecule has 2 heterocycles. The number of fused-ring (bicyclic) bond motifs is 1. The number of carbonyl (C=O) groups excluding carboxylic acids is 2. The van der Waals surface area contributed by atoms with Gasteiger partial charge in [-0.3, -0.25) is 9.59 Å². The lowest BCUT2D eigenvalue weighted by Gasteiger charge is -2.27. The Morgan fingerprint density at radius 1 is 0.964 bits per heavy atom. The Morgan fingerprint density at radius 2 is 1.71 bits per heavy atom. The number of hydrogen-bond acceptors (Lipinski definition) is 4. The van der Waals surface area contributed by atoms with Gasteiger partial charge >= 0.3 is 0 Å². The van der Waals surface area contributed by atoms with Gasteiger partial charge in [-0.2, -0.15) is 0 Å². The lowest BCUT2D eigenvalue weighted by molar-refractivity contribution is -0.130. The summed E-state index contributed by atoms with van der Waals surface area (Å²) < 4.78 is 0. The molecule has 2 amide bonds. The fourth-order valence-corrected chi connectivity index (χ4v) is 4.16. The predicted molar refractivity (Wildman–Crippen MR) is 113 cm³/mol. The minimum absolute atomic E-state index is 0.0565. The van der Waals surface area contributed by atoms with Gasteiger partial charge in [0.2, 0.25) is 5.91 Å². The molecular weight excluding hydrogens is 370 g/mol. The number of anilines is 2. The largest absolute Gasteiger partial charge is 0.374 e. The predicted octanol–water partition coefficient (Wildman–Crippen LogP) is 4.00. The number of nitrogens with zero attached hydrogens (tertiary/aromatic N) is 1. The van der Waals surface area contributed by atoms with Gasteiger partial charge in [-0.15, -0.1) is 11.3 Å². The van der Waals surface area contributed by atoms with Gasteiger partial charge in [0.25, 0.3) is 5.91 Å². The Hall–Kier alpha value is -3.12. The first-order chi connectivity index (χ1) is 13.7. The van der Waals surface area contributed by atoms with Crippen molar-refractivity contribution in [2.45, 2.75) is 13.0 Å². The van der Waals surface area contributed by atoms with Crippen LogP contribution < -0.4 is 10.6 Å². The van der Waals surface area contributed by atoms with E-state index >= 15 is 0 Å². The van der Waals surface area contributed by atoms with Crippen molar-refractivity contribution in [2.75, 3.05) is 23.7 Å². The van der Waals surface area contributed by atoms with Crippen molar-refractivity contribution in [3.63, 3.8) is 0 Å². The van der Waals surface area contributed by atoms with Crippen LogP contribution in [0.5, 0.6) is 0 Å². The SMILES string of the molecule is O=C(Nc1ccccc1NCC(=O)N1CCc2sccc2C1)c1ccccc1. The van der Waals surface area contributed by atoms with Crippen molar-refractivity contribution in [1.82, 2.24) is 4.90 Å². The quantitative estimate of drug-likeness (QED) is 0.691. The average molecular weight is 391 g/mol. The lowest BCUT2D eigenvalue weighted by atomic mass is 10.1. The van der Waals surface area contributed by atoms with E-state index in [2.05, 4.69) is 22.1 Å². The van der Waals surface area contributed by atoms with Crippen molar-refractivity contribution in [2.24, 2.45) is 0 Å². The second kappa shape index (κ2) is 8.27. The minimum Gasteiger partial charge on any atom is -0.374 e. The molecule has 0 fully saturated rings. The van der Waals surface area contributed by atoms with Crippen LogP contribution in [0, 0.1) is 0 Å². The Kier molecular flexibility index (Phi) is 5.39. The van der Waals surface area contributed by atoms with Crippen LogP contribution in [-0.4, -0.2) is 29.8 Å². The van der Waals surface area contributed by atoms with Crippen LogP contribution in [0.3, 0.4) is 0 Å². The highest BCUT2D eigenvalue weighted by Gasteiger charge is 2.21. The van der Waals surface area contributed by atoms with Gasteiger partial charge in [-0.25, -0.2) is 0 Å². The standard InChI is InChI=1S/C22H21N3O2S/c26-21(25-12-10-20-17(15-25)11-13-28-20)14-23-18-8-4-5-9-19(18)24-22(27)16-6-2-1-3-7-16/h1-9,11,13,23H,10,12,14-15H2,(H,24,27). The molecule has 1 aliphatic heterocycles. The maximum atomic E-state index is 12.6. The summed E-state index contributed by atoms with van der Waals surface area (Å²) in [6.07, 6.45) is 0.919. The van der Waals surface area contributed by atoms with E-state index in [1.54, 1.807) is 23.5 Å². The van der Waals surface area contributed by atoms with Crippen molar-refractivity contribution >= 4 is 34.5 Å². The van der Waals surface area contributed by atoms with Crippen LogP contribution in [-0.2, 0) is 17.8 Å². The highest BCUT2D eigenvalue weighted by molar-refractivity contribution is 7.10. The van der Waals surface area contributed by atoms with E-state index in [0.717, 1.165) is 18.7 Å². The molecule has 0 aliphatic carbocycles. The number of amides is 2. The summed E-state index contributed by atoms with van der Waals surface area (Å²) in [6, 6.07) is 18.6. The maximum absolute atomic E-state index is 12.6. The van der Waals surface area contributed by atoms with Crippen LogP contribution in [0.15, 0.2) is 66.0 Å². The zero-order valence-electron chi connectivity index (χ0n) is 15.4. The topological polar surface area (TPSA) is 61.4 Å². The molecule has 0 bridgehead atoms. The van der Waals surface area contributed by atoms with Crippen molar-refractivity contribution < 1.29 is 9.59 Å². The molecule has 0 spiro atoms. The third-order valence-electron chi connectivity index (χ3n) is 4.80. The van der Waals surface area contributed by atoms with Crippen LogP contribution in [0.2, 0.25) is 0 Å². The zero-order chi connectivity index (χ0) is 19.3. The van der Waals surface area contributed by atoms with Gasteiger partial charge in [0, 0.05) is 23.5 Å². The fraction of sp³-hybridized carbons (Fsp3) is 0.182. The van der Waals surface area contributed by atoms with Gasteiger partial charge in [0.1, 0.15) is 0 Å². The highest BCUT2D eigenvalue weighted by atomic mass is 32.1. The molecule has 142 valence electrons. The molecule has 4 rings (SSSR count). The number of para-hydroxylation sites is 2. The molecule has 2 aromatic carbocycles. The van der Waals surface area contributed by atoms with Crippen LogP contribution in [0.4, 0.5) is 11.4 Å². The fourth-order valence-electron chi connectivity index (χ4n) is 3.27. The number of carbonyl (C=O) groups is 2. The van der Waals surface area contributed by atoms with Crippen LogP contribution in [0.1, 0.15) is 20.8 Å². The average Bonchev–Trinajstić information content (AvgIpc) is 3.21. The molecule has 1 aromatic heterocycles. The van der Waals surface area contributed by atoms with E-state index in [1.165, 1.54) is 10.4 Å². The van der Waals surface area contributed by atoms with E-state index in [9.17, 15) is 9.59 Å². The van der Waals surface area contributed by atoms with Gasteiger partial charge < -0.3 is 15.5 Å². The second-order valence-corrected chi connectivity index (χ2v) is 7.65. The first-order valence-corrected chi connectivity index (χ1v) is 10.1. The molecule has 2 N–H and O–H groups in total. The van der Waals surface area contributed by atoms with Crippen molar-refractivity contribution in [3.8, 4) is 0 Å². The summed E-state index contributed by atoms with van der Waals surface area (Å²) in [5.41, 5.74) is 3.23. The zero-order valence-corrected chi connectivity index (χ0v) is 16.2. The molecule has 28 heavy (non-hydrogen) atoms. The van der Waals surface area contributed by atoms with E-state index in [4.69, 9.17) is 0 Å². The Labute approximate surface area is 168 Å². The molecule has 0 saturated carbocycles. The number of nitrogens with one attached hydrogen (secondary N) is 2. The minimum atomic E-state index is -0.179. The summed E-state index contributed by atoms with van der Waals surface area (Å²) in [6.45, 7) is 1.61. The molecule has 0 atom stereocenters. The van der Waals surface area contributed by atoms with Crippen LogP contribution in [0.25, 0.3) is 0 Å². The number of benzene rings is 2. The number of hydrogen-bond donors (Lipinski definition) is 2. The molecule has 0 radical (unpaired) electrons. The smallest absolute Gasteiger partial charge is 0.255 e. The normalized spacial score (nSPS) is 12.9. The summed E-state index contributed by atoms with van der Waals surface area (Å²) >= 11 is 1.76. The third-order valence-corrected chi connectivity index (χ3v) is 5.82. The Bertz CT molecular complexity index is 984. The van der Waals surface area contributed by atoms with Crippen molar-refractivity contribution in [1.29, 1.82) is 0 Å². The lowest BCUT2D eigenvalue weighted by Crippen LogP contribution is -2.38. The summed E-state index contributed by atoms with van der Waals surface area (Å²) in [5.74, 6) is -0.122. The van der Waals surface area contributed by atoms with Gasteiger partial charge in [0.05, 0.1) is 17.9 Å². The Balaban J connectivity index is 1.39. The van der Waals surface area contributed by atoms with Crippen molar-refractivity contribution in [3.05, 3.63) is 82.0 Å². The van der Waals surface area contributed by atoms with E-state index < -0.39 is 0 Å². The molecule has 5 nitrogen and oxygen atoms in total. The summed E-state index contributed by atoms with van der Waals surface area (Å²) in [5, 5.41) is 8.18. The van der Waals surface area contributed by atoms with E-state index in [-0.39, 0.29) is 18.4 Å². The maximum Gasteiger partial charge on any atom is 0.255 e. The second-order valence-electron chi connectivity index (χ2n) is 6.65. The summed E-state index contributed by atoms with van der Waals surface area (Å²) in [7, 11) is 0. The molecule has 3 aromatic rings. The third kappa shape index (κ3) is 4.07. The molecule has 0 unspecified atom stereocenters. The van der Waals surface area contributed by atoms with E-state index in [1.807, 2.05) is 47.4 Å². The highest BCUT2D eigenvalue weighted by Crippen LogP contribution is 2.25. The van der Waals surface area contributed by atoms with Crippen LogP contribution >= 0.6 is 11.3 Å². The molecule has 1 aliphatic rings. The number of thiophene rings is 1. The monoisotopic (exact) mass is 391 g/mol. The summed E-state index contributed by atoms with van der Waals surface area (Å²) in [4.78, 5) is 28.3. The first kappa shape index (κ1) is 18.3. The number of rotatable bonds is 5. The molecule has 0 saturated heterocycles. The molecule has 6 heteroatoms. The first-order valence-electron chi connectivity index (χ1n) is 9.23. The van der Waals surface area contributed by atoms with E-state index in [0.29, 0.717) is 17.8 Å². The van der Waals surface area contributed by atoms with Gasteiger partial charge in [0.15, 0.2) is 0 Å².